The first-order valence-corrected chi connectivity index (χ1v) is 18.9. The van der Waals surface area contributed by atoms with E-state index in [0.717, 1.165) is 16.0 Å². The normalized spacial score (nSPS) is 11.7. The molecule has 1 atom stereocenters. The molecule has 0 radical (unpaired) electrons. The highest BCUT2D eigenvalue weighted by Gasteiger charge is 2.19. The molecule has 266 valence electrons. The molecule has 12 heteroatoms. The number of thioether (sulfide) groups is 1. The maximum atomic E-state index is 13.7. The number of benzene rings is 5. The summed E-state index contributed by atoms with van der Waals surface area (Å²) < 4.78 is 5.90. The fourth-order valence-electron chi connectivity index (χ4n) is 4.94. The van der Waals surface area contributed by atoms with E-state index < -0.39 is 17.1 Å². The molecule has 1 unspecified atom stereocenters. The minimum atomic E-state index is -0.520. The van der Waals surface area contributed by atoms with E-state index in [1.54, 1.807) is 67.6 Å². The van der Waals surface area contributed by atoms with Gasteiger partial charge >= 0.3 is 0 Å². The number of halogens is 2. The molecular weight excluding hydrogens is 748 g/mol. The molecule has 0 saturated heterocycles. The minimum Gasteiger partial charge on any atom is -0.489 e. The number of ether oxygens (including phenoxy) is 1. The summed E-state index contributed by atoms with van der Waals surface area (Å²) in [6.07, 6.45) is 1.60. The number of carbonyl (C=O) groups is 3. The van der Waals surface area contributed by atoms with Crippen LogP contribution in [-0.4, -0.2) is 28.0 Å². The molecule has 6 aromatic rings. The molecule has 0 fully saturated rings. The standard InChI is InChI=1S/C41H32Cl2N4O4S2/c1-26(38(48)47-41-46-37(25-52-41)30-17-20-34(42)35(43)22-30)53-33-14-8-13-31(23-33)44-40(50)36(45-39(49)29-11-6-3-7-12-29)21-27-15-18-32(19-16-27)51-24-28-9-4-2-5-10-28/h2-23,25-26H,24H2,1H3,(H,44,50)(H,45,49)(H,46,47,48)/b36-21-. The second kappa shape index (κ2) is 17.9. The second-order valence-corrected chi connectivity index (χ2v) is 14.7. The Morgan fingerprint density at radius 3 is 2.30 bits per heavy atom. The number of anilines is 2. The van der Waals surface area contributed by atoms with Gasteiger partial charge in [0.1, 0.15) is 18.1 Å². The van der Waals surface area contributed by atoms with Gasteiger partial charge in [-0.3, -0.25) is 14.4 Å². The Balaban J connectivity index is 1.11. The zero-order valence-electron chi connectivity index (χ0n) is 28.2. The van der Waals surface area contributed by atoms with Gasteiger partial charge in [-0.25, -0.2) is 4.98 Å². The van der Waals surface area contributed by atoms with E-state index in [9.17, 15) is 14.4 Å². The second-order valence-electron chi connectivity index (χ2n) is 11.6. The first-order valence-electron chi connectivity index (χ1n) is 16.3. The fourth-order valence-corrected chi connectivity index (χ4v) is 6.89. The van der Waals surface area contributed by atoms with Crippen LogP contribution in [0, 0.1) is 0 Å². The van der Waals surface area contributed by atoms with Crippen LogP contribution in [0.5, 0.6) is 5.75 Å². The highest BCUT2D eigenvalue weighted by atomic mass is 35.5. The largest absolute Gasteiger partial charge is 0.489 e. The predicted molar refractivity (Wildman–Crippen MR) is 216 cm³/mol. The summed E-state index contributed by atoms with van der Waals surface area (Å²) in [6, 6.07) is 38.1. The Labute approximate surface area is 325 Å². The number of aromatic nitrogens is 1. The highest BCUT2D eigenvalue weighted by Crippen LogP contribution is 2.32. The molecule has 5 aromatic carbocycles. The van der Waals surface area contributed by atoms with Crippen LogP contribution in [0.1, 0.15) is 28.4 Å². The van der Waals surface area contributed by atoms with Crippen molar-refractivity contribution in [3.63, 3.8) is 0 Å². The molecular formula is C41H32Cl2N4O4S2. The molecule has 0 aliphatic heterocycles. The van der Waals surface area contributed by atoms with Crippen LogP contribution < -0.4 is 20.7 Å². The Kier molecular flexibility index (Phi) is 12.6. The van der Waals surface area contributed by atoms with Crippen LogP contribution in [0.2, 0.25) is 10.0 Å². The third-order valence-electron chi connectivity index (χ3n) is 7.69. The molecule has 6 rings (SSSR count). The van der Waals surface area contributed by atoms with Crippen LogP contribution in [0.15, 0.2) is 143 Å². The minimum absolute atomic E-state index is 0.0475. The van der Waals surface area contributed by atoms with Crippen molar-refractivity contribution in [3.8, 4) is 17.0 Å². The number of hydrogen-bond donors (Lipinski definition) is 3. The molecule has 3 amide bonds. The van der Waals surface area contributed by atoms with Crippen LogP contribution in [0.25, 0.3) is 17.3 Å². The summed E-state index contributed by atoms with van der Waals surface area (Å²) in [5, 5.41) is 11.2. The Morgan fingerprint density at radius 1 is 0.830 bits per heavy atom. The van der Waals surface area contributed by atoms with Crippen molar-refractivity contribution in [1.29, 1.82) is 0 Å². The predicted octanol–water partition coefficient (Wildman–Crippen LogP) is 10.2. The first-order chi connectivity index (χ1) is 25.7. The first kappa shape index (κ1) is 37.4. The van der Waals surface area contributed by atoms with Crippen molar-refractivity contribution in [1.82, 2.24) is 10.3 Å². The molecule has 1 aromatic heterocycles. The number of thiazole rings is 1. The average molecular weight is 780 g/mol. The summed E-state index contributed by atoms with van der Waals surface area (Å²) in [4.78, 5) is 45.2. The molecule has 1 heterocycles. The Bertz CT molecular complexity index is 2250. The monoisotopic (exact) mass is 778 g/mol. The van der Waals surface area contributed by atoms with Crippen LogP contribution in [0.3, 0.4) is 0 Å². The lowest BCUT2D eigenvalue weighted by Gasteiger charge is -2.14. The van der Waals surface area contributed by atoms with E-state index in [-0.39, 0.29) is 11.6 Å². The van der Waals surface area contributed by atoms with Crippen LogP contribution in [0.4, 0.5) is 10.8 Å². The molecule has 0 aliphatic rings. The number of hydrogen-bond acceptors (Lipinski definition) is 7. The zero-order valence-corrected chi connectivity index (χ0v) is 31.4. The average Bonchev–Trinajstić information content (AvgIpc) is 3.64. The zero-order chi connectivity index (χ0) is 37.2. The summed E-state index contributed by atoms with van der Waals surface area (Å²) in [7, 11) is 0. The van der Waals surface area contributed by atoms with E-state index in [1.165, 1.54) is 23.1 Å². The lowest BCUT2D eigenvalue weighted by Crippen LogP contribution is -2.30. The van der Waals surface area contributed by atoms with Gasteiger partial charge in [0.25, 0.3) is 11.8 Å². The van der Waals surface area contributed by atoms with E-state index >= 15 is 0 Å². The summed E-state index contributed by atoms with van der Waals surface area (Å²) in [6.45, 7) is 2.21. The topological polar surface area (TPSA) is 109 Å². The molecule has 0 aliphatic carbocycles. The van der Waals surface area contributed by atoms with Gasteiger partial charge in [0, 0.05) is 27.1 Å². The van der Waals surface area contributed by atoms with Crippen molar-refractivity contribution >= 4 is 80.9 Å². The number of carbonyl (C=O) groups excluding carboxylic acids is 3. The molecule has 3 N–H and O–H groups in total. The van der Waals surface area contributed by atoms with Crippen molar-refractivity contribution in [2.45, 2.75) is 23.7 Å². The van der Waals surface area contributed by atoms with Gasteiger partial charge in [-0.05, 0) is 78.7 Å². The smallest absolute Gasteiger partial charge is 0.272 e. The number of nitrogens with one attached hydrogen (secondary N) is 3. The lowest BCUT2D eigenvalue weighted by molar-refractivity contribution is -0.115. The van der Waals surface area contributed by atoms with E-state index in [0.29, 0.717) is 50.0 Å². The summed E-state index contributed by atoms with van der Waals surface area (Å²) >= 11 is 14.8. The van der Waals surface area contributed by atoms with E-state index in [1.807, 2.05) is 78.2 Å². The van der Waals surface area contributed by atoms with Crippen molar-refractivity contribution in [2.24, 2.45) is 0 Å². The van der Waals surface area contributed by atoms with Crippen LogP contribution >= 0.6 is 46.3 Å². The van der Waals surface area contributed by atoms with Crippen molar-refractivity contribution in [3.05, 3.63) is 165 Å². The third kappa shape index (κ3) is 10.6. The van der Waals surface area contributed by atoms with Gasteiger partial charge in [0.15, 0.2) is 5.13 Å². The highest BCUT2D eigenvalue weighted by molar-refractivity contribution is 8.00. The number of rotatable bonds is 13. The van der Waals surface area contributed by atoms with Gasteiger partial charge in [-0.2, -0.15) is 0 Å². The summed E-state index contributed by atoms with van der Waals surface area (Å²) in [5.74, 6) is -0.511. The third-order valence-corrected chi connectivity index (χ3v) is 10.3. The molecule has 0 bridgehead atoms. The van der Waals surface area contributed by atoms with E-state index in [2.05, 4.69) is 20.9 Å². The fraction of sp³-hybridized carbons (Fsp3) is 0.0732. The molecule has 0 saturated carbocycles. The van der Waals surface area contributed by atoms with Gasteiger partial charge in [0.2, 0.25) is 5.91 Å². The lowest BCUT2D eigenvalue weighted by atomic mass is 10.1. The van der Waals surface area contributed by atoms with Crippen LogP contribution in [-0.2, 0) is 16.2 Å². The maximum Gasteiger partial charge on any atom is 0.272 e. The molecule has 53 heavy (non-hydrogen) atoms. The SMILES string of the molecule is CC(Sc1cccc(NC(=O)/C(=C/c2ccc(OCc3ccccc3)cc2)NC(=O)c2ccccc2)c1)C(=O)Nc1nc(-c2ccc(Cl)c(Cl)c2)cs1. The van der Waals surface area contributed by atoms with Gasteiger partial charge in [-0.15, -0.1) is 23.1 Å². The maximum absolute atomic E-state index is 13.7. The Morgan fingerprint density at radius 2 is 1.57 bits per heavy atom. The summed E-state index contributed by atoms with van der Waals surface area (Å²) in [5.41, 5.74) is 4.14. The van der Waals surface area contributed by atoms with Gasteiger partial charge in [-0.1, -0.05) is 96.0 Å². The van der Waals surface area contributed by atoms with Gasteiger partial charge < -0.3 is 20.7 Å². The molecule has 0 spiro atoms. The van der Waals surface area contributed by atoms with Crippen molar-refractivity contribution in [2.75, 3.05) is 10.6 Å². The van der Waals surface area contributed by atoms with Gasteiger partial charge in [0.05, 0.1) is 21.0 Å². The van der Waals surface area contributed by atoms with Crippen molar-refractivity contribution < 1.29 is 19.1 Å². The quantitative estimate of drug-likeness (QED) is 0.0796. The number of amides is 3. The number of nitrogens with zero attached hydrogens (tertiary/aromatic N) is 1. The van der Waals surface area contributed by atoms with E-state index in [4.69, 9.17) is 27.9 Å². The molecule has 8 nitrogen and oxygen atoms in total. The Hall–Kier alpha value is -5.39.